The smallest absolute Gasteiger partial charge is 0.421 e. The molecule has 1 aliphatic rings. The molecule has 3 amide bonds. The average molecular weight is 425 g/mol. The molecule has 9 nitrogen and oxygen atoms in total. The summed E-state index contributed by atoms with van der Waals surface area (Å²) in [5.74, 6) is -1.18. The van der Waals surface area contributed by atoms with Crippen LogP contribution in [0, 0.1) is 10.1 Å². The average Bonchev–Trinajstić information content (AvgIpc) is 2.97. The quantitative estimate of drug-likeness (QED) is 0.538. The van der Waals surface area contributed by atoms with Crippen LogP contribution in [0.2, 0.25) is 0 Å². The van der Waals surface area contributed by atoms with Crippen LogP contribution in [0.4, 0.5) is 10.5 Å². The first-order chi connectivity index (χ1) is 14.8. The summed E-state index contributed by atoms with van der Waals surface area (Å²) in [6.07, 6.45) is -0.809. The molecule has 1 heterocycles. The van der Waals surface area contributed by atoms with E-state index in [9.17, 15) is 24.5 Å². The number of carbonyl (C=O) groups is 3. The maximum Gasteiger partial charge on any atom is 0.421 e. The monoisotopic (exact) mass is 425 g/mol. The second-order valence-corrected chi connectivity index (χ2v) is 7.26. The lowest BCUT2D eigenvalue weighted by Crippen LogP contribution is -2.60. The molecule has 31 heavy (non-hydrogen) atoms. The Hall–Kier alpha value is -3.75. The number of fused-ring (bicyclic) bond motifs is 1. The van der Waals surface area contributed by atoms with Crippen molar-refractivity contribution in [3.8, 4) is 0 Å². The fourth-order valence-corrected chi connectivity index (χ4v) is 4.11. The van der Waals surface area contributed by atoms with E-state index in [1.807, 2.05) is 6.07 Å². The summed E-state index contributed by atoms with van der Waals surface area (Å²) >= 11 is 0. The number of carbonyl (C=O) groups excluding carboxylic acids is 3. The zero-order chi connectivity index (χ0) is 22.6. The molecular formula is C22H23N3O6. The summed E-state index contributed by atoms with van der Waals surface area (Å²) in [4.78, 5) is 50.4. The molecule has 0 saturated carbocycles. The number of ether oxygens (including phenoxy) is 1. The van der Waals surface area contributed by atoms with Gasteiger partial charge in [0.15, 0.2) is 0 Å². The summed E-state index contributed by atoms with van der Waals surface area (Å²) in [7, 11) is 0. The van der Waals surface area contributed by atoms with Gasteiger partial charge in [0.2, 0.25) is 18.4 Å². The molecule has 0 aliphatic carbocycles. The number of nitrogens with one attached hydrogen (secondary N) is 1. The largest absolute Gasteiger partial charge is 0.449 e. The molecule has 9 heteroatoms. The van der Waals surface area contributed by atoms with Gasteiger partial charge >= 0.3 is 6.09 Å². The molecule has 3 rings (SSSR count). The SMILES string of the molecule is CCOC(=O)N1C(=O)[C@@](Cc2ccccc2)([C@@H](C[N+](=O)[O-])NC(C)=O)c2ccccc21. The first kappa shape index (κ1) is 21.9. The van der Waals surface area contributed by atoms with Crippen LogP contribution in [-0.2, 0) is 26.2 Å². The van der Waals surface area contributed by atoms with Crippen molar-refractivity contribution >= 4 is 23.6 Å². The van der Waals surface area contributed by atoms with Gasteiger partial charge in [-0.05, 0) is 30.5 Å². The molecular weight excluding hydrogens is 402 g/mol. The molecule has 0 saturated heterocycles. The van der Waals surface area contributed by atoms with E-state index in [0.717, 1.165) is 10.5 Å². The standard InChI is InChI=1S/C22H23N3O6/c1-3-31-21(28)25-18-12-8-7-11-17(18)22(20(25)27,13-16-9-5-4-6-10-16)19(14-24(29)30)23-15(2)26/h4-12,19H,3,13-14H2,1-2H3,(H,23,26)/t19-,22-/m1/s1. The lowest BCUT2D eigenvalue weighted by molar-refractivity contribution is -0.484. The Bertz CT molecular complexity index is 993. The number of anilines is 1. The normalized spacial score (nSPS) is 18.3. The van der Waals surface area contributed by atoms with Crippen LogP contribution < -0.4 is 10.2 Å². The number of rotatable bonds is 7. The van der Waals surface area contributed by atoms with Gasteiger partial charge in [-0.15, -0.1) is 0 Å². The molecule has 0 aromatic heterocycles. The molecule has 0 bridgehead atoms. The molecule has 1 aliphatic heterocycles. The van der Waals surface area contributed by atoms with Crippen molar-refractivity contribution < 1.29 is 24.0 Å². The molecule has 2 aromatic rings. The van der Waals surface area contributed by atoms with E-state index in [1.165, 1.54) is 6.92 Å². The zero-order valence-corrected chi connectivity index (χ0v) is 17.2. The molecule has 2 atom stereocenters. The predicted octanol–water partition coefficient (Wildman–Crippen LogP) is 2.45. The minimum Gasteiger partial charge on any atom is -0.449 e. The van der Waals surface area contributed by atoms with Crippen LogP contribution in [0.15, 0.2) is 54.6 Å². The number of nitro groups is 1. The molecule has 0 fully saturated rings. The Morgan fingerprint density at radius 2 is 1.81 bits per heavy atom. The number of para-hydroxylation sites is 1. The summed E-state index contributed by atoms with van der Waals surface area (Å²) in [6, 6.07) is 14.4. The van der Waals surface area contributed by atoms with Gasteiger partial charge in [0.05, 0.1) is 12.3 Å². The van der Waals surface area contributed by atoms with Crippen molar-refractivity contribution in [1.82, 2.24) is 5.32 Å². The van der Waals surface area contributed by atoms with E-state index < -0.39 is 40.8 Å². The number of hydrogen-bond donors (Lipinski definition) is 1. The first-order valence-corrected chi connectivity index (χ1v) is 9.85. The second-order valence-electron chi connectivity index (χ2n) is 7.26. The van der Waals surface area contributed by atoms with Crippen molar-refractivity contribution in [2.24, 2.45) is 0 Å². The molecule has 0 unspecified atom stereocenters. The summed E-state index contributed by atoms with van der Waals surface area (Å²) < 4.78 is 5.08. The van der Waals surface area contributed by atoms with Crippen molar-refractivity contribution in [3.63, 3.8) is 0 Å². The number of hydrogen-bond acceptors (Lipinski definition) is 6. The summed E-state index contributed by atoms with van der Waals surface area (Å²) in [6.45, 7) is 2.22. The van der Waals surface area contributed by atoms with Crippen molar-refractivity contribution in [2.75, 3.05) is 18.1 Å². The third-order valence-electron chi connectivity index (χ3n) is 5.29. The maximum atomic E-state index is 13.9. The minimum atomic E-state index is -1.57. The van der Waals surface area contributed by atoms with Crippen molar-refractivity contribution in [2.45, 2.75) is 31.7 Å². The van der Waals surface area contributed by atoms with E-state index in [2.05, 4.69) is 5.32 Å². The van der Waals surface area contributed by atoms with Crippen LogP contribution in [0.25, 0.3) is 0 Å². The van der Waals surface area contributed by atoms with Crippen LogP contribution >= 0.6 is 0 Å². The van der Waals surface area contributed by atoms with Gasteiger partial charge in [0.25, 0.3) is 0 Å². The fourth-order valence-electron chi connectivity index (χ4n) is 4.11. The highest BCUT2D eigenvalue weighted by Crippen LogP contribution is 2.46. The zero-order valence-electron chi connectivity index (χ0n) is 17.2. The van der Waals surface area contributed by atoms with E-state index in [1.54, 1.807) is 55.5 Å². The highest BCUT2D eigenvalue weighted by atomic mass is 16.6. The van der Waals surface area contributed by atoms with Gasteiger partial charge in [-0.25, -0.2) is 9.69 Å². The Kier molecular flexibility index (Phi) is 6.33. The third-order valence-corrected chi connectivity index (χ3v) is 5.29. The predicted molar refractivity (Wildman–Crippen MR) is 112 cm³/mol. The Balaban J connectivity index is 2.25. The van der Waals surface area contributed by atoms with Gasteiger partial charge in [0.1, 0.15) is 11.5 Å². The van der Waals surface area contributed by atoms with Crippen LogP contribution in [0.5, 0.6) is 0 Å². The van der Waals surface area contributed by atoms with Crippen LogP contribution in [0.3, 0.4) is 0 Å². The lowest BCUT2D eigenvalue weighted by atomic mass is 9.70. The summed E-state index contributed by atoms with van der Waals surface area (Å²) in [5.41, 5.74) is -0.114. The Morgan fingerprint density at radius 1 is 1.16 bits per heavy atom. The topological polar surface area (TPSA) is 119 Å². The molecule has 0 spiro atoms. The van der Waals surface area contributed by atoms with E-state index >= 15 is 0 Å². The van der Waals surface area contributed by atoms with Crippen LogP contribution in [-0.4, -0.2) is 42.0 Å². The number of nitrogens with zero attached hydrogens (tertiary/aromatic N) is 2. The molecule has 0 radical (unpaired) electrons. The molecule has 162 valence electrons. The van der Waals surface area contributed by atoms with E-state index in [4.69, 9.17) is 4.74 Å². The van der Waals surface area contributed by atoms with Crippen LogP contribution in [0.1, 0.15) is 25.0 Å². The molecule has 1 N–H and O–H groups in total. The fraction of sp³-hybridized carbons (Fsp3) is 0.318. The number of imide groups is 1. The van der Waals surface area contributed by atoms with Gasteiger partial charge in [-0.2, -0.15) is 0 Å². The van der Waals surface area contributed by atoms with Gasteiger partial charge in [0, 0.05) is 11.8 Å². The van der Waals surface area contributed by atoms with E-state index in [-0.39, 0.29) is 13.0 Å². The number of benzene rings is 2. The Morgan fingerprint density at radius 3 is 2.42 bits per heavy atom. The van der Waals surface area contributed by atoms with Crippen molar-refractivity contribution in [3.05, 3.63) is 75.8 Å². The highest BCUT2D eigenvalue weighted by Gasteiger charge is 2.59. The second kappa shape index (κ2) is 8.95. The first-order valence-electron chi connectivity index (χ1n) is 9.85. The van der Waals surface area contributed by atoms with E-state index in [0.29, 0.717) is 11.3 Å². The molecule has 2 aromatic carbocycles. The minimum absolute atomic E-state index is 0.0539. The Labute approximate surface area is 179 Å². The van der Waals surface area contributed by atoms with Gasteiger partial charge in [-0.1, -0.05) is 48.5 Å². The highest BCUT2D eigenvalue weighted by molar-refractivity contribution is 6.21. The van der Waals surface area contributed by atoms with Crippen molar-refractivity contribution in [1.29, 1.82) is 0 Å². The summed E-state index contributed by atoms with van der Waals surface area (Å²) in [5, 5.41) is 14.1. The lowest BCUT2D eigenvalue weighted by Gasteiger charge is -2.35. The third kappa shape index (κ3) is 4.11. The van der Waals surface area contributed by atoms with Gasteiger partial charge < -0.3 is 10.1 Å². The number of amides is 3. The maximum absolute atomic E-state index is 13.9. The van der Waals surface area contributed by atoms with Gasteiger partial charge in [-0.3, -0.25) is 19.7 Å².